The van der Waals surface area contributed by atoms with Crippen LogP contribution in [0, 0.1) is 0 Å². The highest BCUT2D eigenvalue weighted by Crippen LogP contribution is 2.29. The maximum Gasteiger partial charge on any atom is 0.254 e. The van der Waals surface area contributed by atoms with Gasteiger partial charge in [0.25, 0.3) is 5.91 Å². The maximum absolute atomic E-state index is 12.3. The highest BCUT2D eigenvalue weighted by molar-refractivity contribution is 6.31. The van der Waals surface area contributed by atoms with E-state index in [4.69, 9.17) is 11.6 Å². The molecule has 1 aliphatic rings. The lowest BCUT2D eigenvalue weighted by molar-refractivity contribution is 0.0938. The highest BCUT2D eigenvalue weighted by atomic mass is 35.5. The lowest BCUT2D eigenvalue weighted by Gasteiger charge is -2.28. The molecule has 0 saturated carbocycles. The number of hydrogen-bond donors (Lipinski definition) is 1. The molecule has 2 heterocycles. The Labute approximate surface area is 141 Å². The van der Waals surface area contributed by atoms with E-state index in [-0.39, 0.29) is 11.9 Å². The van der Waals surface area contributed by atoms with Crippen LogP contribution in [0.4, 0.5) is 0 Å². The molecule has 1 aromatic heterocycles. The zero-order valence-corrected chi connectivity index (χ0v) is 14.0. The molecule has 0 radical (unpaired) electrons. The van der Waals surface area contributed by atoms with E-state index in [0.717, 1.165) is 23.7 Å². The summed E-state index contributed by atoms with van der Waals surface area (Å²) in [6, 6.07) is 7.98. The third kappa shape index (κ3) is 3.74. The second-order valence-corrected chi connectivity index (χ2v) is 6.30. The van der Waals surface area contributed by atoms with Gasteiger partial charge in [-0.15, -0.1) is 0 Å². The Morgan fingerprint density at radius 1 is 1.35 bits per heavy atom. The number of likely N-dealkylation sites (tertiary alicyclic amines) is 1. The minimum absolute atomic E-state index is 0.102. The molecule has 23 heavy (non-hydrogen) atoms. The van der Waals surface area contributed by atoms with E-state index >= 15 is 0 Å². The molecule has 1 amide bonds. The molecule has 2 aromatic rings. The average molecular weight is 333 g/mol. The van der Waals surface area contributed by atoms with Gasteiger partial charge in [-0.1, -0.05) is 29.8 Å². The van der Waals surface area contributed by atoms with Gasteiger partial charge in [-0.3, -0.25) is 14.4 Å². The first kappa shape index (κ1) is 16.0. The molecule has 0 aliphatic carbocycles. The summed E-state index contributed by atoms with van der Waals surface area (Å²) in [6.45, 7) is 2.62. The van der Waals surface area contributed by atoms with Gasteiger partial charge in [-0.05, 0) is 37.6 Å². The zero-order chi connectivity index (χ0) is 16.2. The molecule has 6 heteroatoms. The molecule has 0 spiro atoms. The number of nitrogens with one attached hydrogen (secondary N) is 1. The quantitative estimate of drug-likeness (QED) is 0.915. The monoisotopic (exact) mass is 332 g/mol. The summed E-state index contributed by atoms with van der Waals surface area (Å²) < 4.78 is 1.63. The molecule has 0 bridgehead atoms. The molecule has 5 nitrogen and oxygen atoms in total. The SMILES string of the molecule is Cn1cc(C(=O)NC[C@H](c2ccccc2Cl)N2CCCC2)cn1. The number of benzene rings is 1. The van der Waals surface area contributed by atoms with Gasteiger partial charge in [-0.25, -0.2) is 0 Å². The number of aromatic nitrogens is 2. The molecule has 1 N–H and O–H groups in total. The summed E-state index contributed by atoms with van der Waals surface area (Å²) in [7, 11) is 1.80. The van der Waals surface area contributed by atoms with Crippen molar-refractivity contribution in [2.75, 3.05) is 19.6 Å². The van der Waals surface area contributed by atoms with Crippen molar-refractivity contribution in [2.45, 2.75) is 18.9 Å². The highest BCUT2D eigenvalue weighted by Gasteiger charge is 2.25. The van der Waals surface area contributed by atoms with Gasteiger partial charge in [0.05, 0.1) is 17.8 Å². The number of hydrogen-bond acceptors (Lipinski definition) is 3. The van der Waals surface area contributed by atoms with E-state index in [0.29, 0.717) is 12.1 Å². The van der Waals surface area contributed by atoms with Crippen LogP contribution < -0.4 is 5.32 Å². The topological polar surface area (TPSA) is 50.2 Å². The largest absolute Gasteiger partial charge is 0.350 e. The Kier molecular flexibility index (Phi) is 4.98. The summed E-state index contributed by atoms with van der Waals surface area (Å²) >= 11 is 6.38. The lowest BCUT2D eigenvalue weighted by Crippen LogP contribution is -2.36. The molecule has 1 aromatic carbocycles. The van der Waals surface area contributed by atoms with E-state index in [9.17, 15) is 4.79 Å². The smallest absolute Gasteiger partial charge is 0.254 e. The van der Waals surface area contributed by atoms with Crippen molar-refractivity contribution in [3.63, 3.8) is 0 Å². The number of amides is 1. The summed E-state index contributed by atoms with van der Waals surface area (Å²) in [4.78, 5) is 14.7. The van der Waals surface area contributed by atoms with Gasteiger partial charge < -0.3 is 5.32 Å². The predicted molar refractivity (Wildman–Crippen MR) is 90.5 cm³/mol. The van der Waals surface area contributed by atoms with Gasteiger partial charge in [-0.2, -0.15) is 5.10 Å². The van der Waals surface area contributed by atoms with E-state index in [1.165, 1.54) is 12.8 Å². The molecule has 1 aliphatic heterocycles. The lowest BCUT2D eigenvalue weighted by atomic mass is 10.1. The fourth-order valence-electron chi connectivity index (χ4n) is 3.06. The summed E-state index contributed by atoms with van der Waals surface area (Å²) in [5.41, 5.74) is 1.65. The predicted octanol–water partition coefficient (Wildman–Crippen LogP) is 2.64. The van der Waals surface area contributed by atoms with Crippen LogP contribution in [0.15, 0.2) is 36.7 Å². The number of carbonyl (C=O) groups excluding carboxylic acids is 1. The Bertz CT molecular complexity index is 679. The van der Waals surface area contributed by atoms with Crippen molar-refractivity contribution in [1.29, 1.82) is 0 Å². The van der Waals surface area contributed by atoms with Crippen LogP contribution in [0.25, 0.3) is 0 Å². The van der Waals surface area contributed by atoms with Gasteiger partial charge in [0, 0.05) is 24.8 Å². The summed E-state index contributed by atoms with van der Waals surface area (Å²) in [6.07, 6.45) is 5.68. The van der Waals surface area contributed by atoms with Gasteiger partial charge >= 0.3 is 0 Å². The third-order valence-electron chi connectivity index (χ3n) is 4.27. The van der Waals surface area contributed by atoms with Crippen molar-refractivity contribution >= 4 is 17.5 Å². The second kappa shape index (κ2) is 7.15. The Balaban J connectivity index is 1.74. The van der Waals surface area contributed by atoms with Crippen molar-refractivity contribution in [1.82, 2.24) is 20.0 Å². The second-order valence-electron chi connectivity index (χ2n) is 5.89. The van der Waals surface area contributed by atoms with E-state index in [1.807, 2.05) is 24.3 Å². The first-order valence-corrected chi connectivity index (χ1v) is 8.28. The normalized spacial score (nSPS) is 16.4. The van der Waals surface area contributed by atoms with E-state index < -0.39 is 0 Å². The molecule has 3 rings (SSSR count). The Morgan fingerprint density at radius 2 is 2.09 bits per heavy atom. The van der Waals surface area contributed by atoms with Crippen LogP contribution in [0.2, 0.25) is 5.02 Å². The first-order chi connectivity index (χ1) is 11.1. The van der Waals surface area contributed by atoms with Crippen molar-refractivity contribution in [3.05, 3.63) is 52.8 Å². The summed E-state index contributed by atoms with van der Waals surface area (Å²) in [5, 5.41) is 7.81. The average Bonchev–Trinajstić information content (AvgIpc) is 3.21. The first-order valence-electron chi connectivity index (χ1n) is 7.90. The minimum Gasteiger partial charge on any atom is -0.350 e. The standard InChI is InChI=1S/C17H21ClN4O/c1-21-12-13(10-20-21)17(23)19-11-16(22-8-4-5-9-22)14-6-2-3-7-15(14)18/h2-3,6-7,10,12,16H,4-5,8-9,11H2,1H3,(H,19,23)/t16-/m1/s1. The van der Waals surface area contributed by atoms with E-state index in [1.54, 1.807) is 24.1 Å². The third-order valence-corrected chi connectivity index (χ3v) is 4.61. The van der Waals surface area contributed by atoms with Crippen LogP contribution in [-0.4, -0.2) is 40.2 Å². The fourth-order valence-corrected chi connectivity index (χ4v) is 3.33. The Morgan fingerprint density at radius 3 is 2.74 bits per heavy atom. The molecular weight excluding hydrogens is 312 g/mol. The Hall–Kier alpha value is -1.85. The van der Waals surface area contributed by atoms with Crippen molar-refractivity contribution < 1.29 is 4.79 Å². The minimum atomic E-state index is -0.102. The van der Waals surface area contributed by atoms with Crippen LogP contribution in [0.5, 0.6) is 0 Å². The fraction of sp³-hybridized carbons (Fsp3) is 0.412. The number of halogens is 1. The number of nitrogens with zero attached hydrogens (tertiary/aromatic N) is 3. The van der Waals surface area contributed by atoms with E-state index in [2.05, 4.69) is 15.3 Å². The molecule has 1 atom stereocenters. The number of rotatable bonds is 5. The number of aryl methyl sites for hydroxylation is 1. The van der Waals surface area contributed by atoms with Crippen LogP contribution in [-0.2, 0) is 7.05 Å². The molecular formula is C17H21ClN4O. The van der Waals surface area contributed by atoms with Gasteiger partial charge in [0.15, 0.2) is 0 Å². The van der Waals surface area contributed by atoms with Gasteiger partial charge in [0.2, 0.25) is 0 Å². The molecule has 1 saturated heterocycles. The van der Waals surface area contributed by atoms with Crippen molar-refractivity contribution in [3.8, 4) is 0 Å². The zero-order valence-electron chi connectivity index (χ0n) is 13.2. The molecule has 0 unspecified atom stereocenters. The van der Waals surface area contributed by atoms with Crippen LogP contribution in [0.3, 0.4) is 0 Å². The number of carbonyl (C=O) groups is 1. The van der Waals surface area contributed by atoms with Crippen LogP contribution >= 0.6 is 11.6 Å². The molecule has 1 fully saturated rings. The maximum atomic E-state index is 12.3. The summed E-state index contributed by atoms with van der Waals surface area (Å²) in [5.74, 6) is -0.102. The molecule has 122 valence electrons. The van der Waals surface area contributed by atoms with Gasteiger partial charge in [0.1, 0.15) is 0 Å². The van der Waals surface area contributed by atoms with Crippen molar-refractivity contribution in [2.24, 2.45) is 7.05 Å². The van der Waals surface area contributed by atoms with Crippen LogP contribution in [0.1, 0.15) is 34.8 Å².